The first-order valence-corrected chi connectivity index (χ1v) is 11.1. The van der Waals surface area contributed by atoms with E-state index in [9.17, 15) is 4.39 Å². The third kappa shape index (κ3) is 3.71. The lowest BCUT2D eigenvalue weighted by molar-refractivity contribution is 0.264. The summed E-state index contributed by atoms with van der Waals surface area (Å²) < 4.78 is 14.5. The zero-order valence-electron chi connectivity index (χ0n) is 17.2. The van der Waals surface area contributed by atoms with Crippen molar-refractivity contribution < 1.29 is 4.39 Å². The monoisotopic (exact) mass is 410 g/mol. The van der Waals surface area contributed by atoms with Gasteiger partial charge in [-0.1, -0.05) is 18.2 Å². The van der Waals surface area contributed by atoms with Gasteiger partial charge in [0, 0.05) is 60.9 Å². The van der Waals surface area contributed by atoms with E-state index in [1.807, 2.05) is 24.5 Å². The highest BCUT2D eigenvalue weighted by molar-refractivity contribution is 5.54. The standard InChI is InChI=1S/C23H31FN6/c24-19-6-2-1-5-16(19)23-17-10-20(27-13-21(17)28-29-23)18-12-26-8-7-22(18)30-9-3-4-15(11-25)14-30/h1-2,5-8,12,15,17,20-21,23,27-29H,3-4,9-11,13-14,25H2/t15-,17?,20?,21?,23?/m0/s1. The van der Waals surface area contributed by atoms with Crippen LogP contribution in [0.25, 0.3) is 0 Å². The smallest absolute Gasteiger partial charge is 0.128 e. The van der Waals surface area contributed by atoms with Crippen LogP contribution in [0.5, 0.6) is 0 Å². The van der Waals surface area contributed by atoms with Gasteiger partial charge in [-0.15, -0.1) is 0 Å². The molecule has 1 aromatic carbocycles. The van der Waals surface area contributed by atoms with Crippen molar-refractivity contribution in [2.45, 2.75) is 37.4 Å². The first-order chi connectivity index (χ1) is 14.7. The Labute approximate surface area is 177 Å². The van der Waals surface area contributed by atoms with Gasteiger partial charge in [0.2, 0.25) is 0 Å². The molecule has 5 N–H and O–H groups in total. The average molecular weight is 411 g/mol. The third-order valence-electron chi connectivity index (χ3n) is 7.10. The van der Waals surface area contributed by atoms with E-state index < -0.39 is 0 Å². The maximum atomic E-state index is 14.5. The first-order valence-electron chi connectivity index (χ1n) is 11.1. The molecule has 5 atom stereocenters. The molecule has 30 heavy (non-hydrogen) atoms. The predicted molar refractivity (Wildman–Crippen MR) is 116 cm³/mol. The molecular formula is C23H31FN6. The molecule has 0 bridgehead atoms. The number of nitrogens with zero attached hydrogens (tertiary/aromatic N) is 2. The molecule has 160 valence electrons. The molecule has 0 radical (unpaired) electrons. The van der Waals surface area contributed by atoms with Crippen LogP contribution in [0, 0.1) is 17.7 Å². The molecule has 4 heterocycles. The molecule has 3 saturated heterocycles. The van der Waals surface area contributed by atoms with Crippen LogP contribution in [0.2, 0.25) is 0 Å². The third-order valence-corrected chi connectivity index (χ3v) is 7.10. The van der Waals surface area contributed by atoms with Gasteiger partial charge < -0.3 is 16.0 Å². The number of fused-ring (bicyclic) bond motifs is 1. The quantitative estimate of drug-likeness (QED) is 0.619. The van der Waals surface area contributed by atoms with Crippen molar-refractivity contribution in [1.82, 2.24) is 21.2 Å². The van der Waals surface area contributed by atoms with E-state index in [1.54, 1.807) is 12.1 Å². The Balaban J connectivity index is 1.39. The summed E-state index contributed by atoms with van der Waals surface area (Å²) in [5.74, 6) is 0.715. The van der Waals surface area contributed by atoms with Crippen molar-refractivity contribution in [2.75, 3.05) is 31.1 Å². The van der Waals surface area contributed by atoms with E-state index in [0.717, 1.165) is 38.2 Å². The zero-order valence-corrected chi connectivity index (χ0v) is 17.2. The van der Waals surface area contributed by atoms with Crippen molar-refractivity contribution in [3.63, 3.8) is 0 Å². The van der Waals surface area contributed by atoms with E-state index in [2.05, 4.69) is 32.1 Å². The summed E-state index contributed by atoms with van der Waals surface area (Å²) in [6, 6.07) is 9.69. The minimum absolute atomic E-state index is 0.0301. The molecule has 0 aliphatic carbocycles. The molecule has 4 unspecified atom stereocenters. The lowest BCUT2D eigenvalue weighted by atomic mass is 9.80. The Bertz CT molecular complexity index is 876. The minimum atomic E-state index is -0.143. The lowest BCUT2D eigenvalue weighted by Crippen LogP contribution is -2.47. The van der Waals surface area contributed by atoms with E-state index in [1.165, 1.54) is 24.1 Å². The fourth-order valence-corrected chi connectivity index (χ4v) is 5.48. The number of nitrogens with two attached hydrogens (primary N) is 1. The topological polar surface area (TPSA) is 78.2 Å². The summed E-state index contributed by atoms with van der Waals surface area (Å²) in [5, 5.41) is 3.71. The number of halogens is 1. The van der Waals surface area contributed by atoms with Crippen molar-refractivity contribution in [3.8, 4) is 0 Å². The number of hydrogen-bond donors (Lipinski definition) is 4. The number of pyridine rings is 1. The van der Waals surface area contributed by atoms with Crippen LogP contribution in [0.4, 0.5) is 10.1 Å². The Kier molecular flexibility index (Phi) is 5.69. The molecule has 3 fully saturated rings. The van der Waals surface area contributed by atoms with Gasteiger partial charge >= 0.3 is 0 Å². The van der Waals surface area contributed by atoms with Crippen molar-refractivity contribution >= 4 is 5.69 Å². The van der Waals surface area contributed by atoms with Gasteiger partial charge in [-0.3, -0.25) is 10.4 Å². The average Bonchev–Trinajstić information content (AvgIpc) is 3.22. The highest BCUT2D eigenvalue weighted by Gasteiger charge is 2.42. The molecule has 5 rings (SSSR count). The summed E-state index contributed by atoms with van der Waals surface area (Å²) >= 11 is 0. The molecule has 1 aromatic heterocycles. The minimum Gasteiger partial charge on any atom is -0.371 e. The van der Waals surface area contributed by atoms with Gasteiger partial charge in [0.05, 0.1) is 6.04 Å². The Morgan fingerprint density at radius 3 is 2.93 bits per heavy atom. The highest BCUT2D eigenvalue weighted by Crippen LogP contribution is 2.41. The number of aromatic nitrogens is 1. The summed E-state index contributed by atoms with van der Waals surface area (Å²) in [6.07, 6.45) is 7.21. The van der Waals surface area contributed by atoms with Gasteiger partial charge in [-0.05, 0) is 49.8 Å². The number of benzene rings is 1. The Hall–Kier alpha value is -2.06. The van der Waals surface area contributed by atoms with Gasteiger partial charge in [-0.2, -0.15) is 0 Å². The van der Waals surface area contributed by atoms with E-state index in [4.69, 9.17) is 5.73 Å². The van der Waals surface area contributed by atoms with Crippen molar-refractivity contribution in [3.05, 3.63) is 59.7 Å². The zero-order chi connectivity index (χ0) is 20.5. The highest BCUT2D eigenvalue weighted by atomic mass is 19.1. The molecule has 0 amide bonds. The molecule has 0 saturated carbocycles. The van der Waals surface area contributed by atoms with Crippen molar-refractivity contribution in [2.24, 2.45) is 17.6 Å². The molecule has 3 aliphatic heterocycles. The van der Waals surface area contributed by atoms with Gasteiger partial charge in [0.25, 0.3) is 0 Å². The van der Waals surface area contributed by atoms with Crippen molar-refractivity contribution in [1.29, 1.82) is 0 Å². The second-order valence-corrected chi connectivity index (χ2v) is 8.88. The van der Waals surface area contributed by atoms with Gasteiger partial charge in [0.1, 0.15) is 5.82 Å². The lowest BCUT2D eigenvalue weighted by Gasteiger charge is -2.39. The molecule has 2 aromatic rings. The molecule has 0 spiro atoms. The predicted octanol–water partition coefficient (Wildman–Crippen LogP) is 2.26. The molecular weight excluding hydrogens is 379 g/mol. The largest absolute Gasteiger partial charge is 0.371 e. The Morgan fingerprint density at radius 1 is 1.17 bits per heavy atom. The van der Waals surface area contributed by atoms with Crippen LogP contribution in [0.3, 0.4) is 0 Å². The summed E-state index contributed by atoms with van der Waals surface area (Å²) in [5.41, 5.74) is 15.9. The number of rotatable bonds is 4. The van der Waals surface area contributed by atoms with Crippen LogP contribution >= 0.6 is 0 Å². The van der Waals surface area contributed by atoms with E-state index >= 15 is 0 Å². The van der Waals surface area contributed by atoms with E-state index in [0.29, 0.717) is 11.8 Å². The number of anilines is 1. The van der Waals surface area contributed by atoms with Crippen LogP contribution < -0.4 is 26.8 Å². The van der Waals surface area contributed by atoms with Crippen LogP contribution in [-0.4, -0.2) is 37.2 Å². The van der Waals surface area contributed by atoms with Crippen LogP contribution in [0.1, 0.15) is 42.5 Å². The Morgan fingerprint density at radius 2 is 2.07 bits per heavy atom. The number of hydrogen-bond acceptors (Lipinski definition) is 6. The summed E-state index contributed by atoms with van der Waals surface area (Å²) in [4.78, 5) is 6.93. The fraction of sp³-hybridized carbons (Fsp3) is 0.522. The molecule has 3 aliphatic rings. The summed E-state index contributed by atoms with van der Waals surface area (Å²) in [6.45, 7) is 3.65. The van der Waals surface area contributed by atoms with E-state index in [-0.39, 0.29) is 23.9 Å². The van der Waals surface area contributed by atoms with Gasteiger partial charge in [-0.25, -0.2) is 9.82 Å². The second-order valence-electron chi connectivity index (χ2n) is 8.88. The number of nitrogens with one attached hydrogen (secondary N) is 3. The number of hydrazine groups is 1. The SMILES string of the molecule is NC[C@@H]1CCCN(c2ccncc2C2CC3C(CN2)NNC3c2ccccc2F)C1. The molecule has 6 nitrogen and oxygen atoms in total. The summed E-state index contributed by atoms with van der Waals surface area (Å²) in [7, 11) is 0. The maximum absolute atomic E-state index is 14.5. The van der Waals surface area contributed by atoms with Crippen LogP contribution in [0.15, 0.2) is 42.7 Å². The fourth-order valence-electron chi connectivity index (χ4n) is 5.48. The second kappa shape index (κ2) is 8.59. The first kappa shape index (κ1) is 19.9. The normalized spacial score (nSPS) is 31.5. The molecule has 7 heteroatoms. The van der Waals surface area contributed by atoms with Crippen LogP contribution in [-0.2, 0) is 0 Å². The maximum Gasteiger partial charge on any atom is 0.128 e. The van der Waals surface area contributed by atoms with Gasteiger partial charge in [0.15, 0.2) is 0 Å². The number of piperidine rings is 2.